The molecule has 36 valence electrons. The molecule has 0 heterocycles. The van der Waals surface area contributed by atoms with Crippen molar-refractivity contribution in [3.05, 3.63) is 28.7 Å². The topological polar surface area (TPSA) is 29.4 Å². The van der Waals surface area contributed by atoms with Gasteiger partial charge in [0.1, 0.15) is 6.54 Å². The fourth-order valence-electron chi connectivity index (χ4n) is 0.412. The van der Waals surface area contributed by atoms with Gasteiger partial charge in [0.05, 0.1) is 0 Å². The summed E-state index contributed by atoms with van der Waals surface area (Å²) in [6, 6.07) is 0. The van der Waals surface area contributed by atoms with Gasteiger partial charge in [0.25, 0.3) is 0 Å². The Labute approximate surface area is 41.5 Å². The average Bonchev–Trinajstić information content (AvgIpc) is 1.55. The number of allylic oxidation sites excluding steroid dienone is 2. The number of rotatable bonds is 2. The standard InChI is InChI=1S/C5H5NO/c7-6-4-5-2-1-3-5/h1-3H,4H2. The zero-order valence-corrected chi connectivity index (χ0v) is 3.79. The summed E-state index contributed by atoms with van der Waals surface area (Å²) in [7, 11) is 0. The Morgan fingerprint density at radius 1 is 1.71 bits per heavy atom. The van der Waals surface area contributed by atoms with Crippen LogP contribution in [0.2, 0.25) is 0 Å². The second kappa shape index (κ2) is 1.69. The molecule has 0 saturated heterocycles. The van der Waals surface area contributed by atoms with E-state index in [-0.39, 0.29) is 0 Å². The minimum Gasteiger partial charge on any atom is -0.150 e. The zero-order valence-electron chi connectivity index (χ0n) is 3.79. The van der Waals surface area contributed by atoms with Crippen molar-refractivity contribution in [2.24, 2.45) is 5.18 Å². The molecular weight excluding hydrogens is 90.1 g/mol. The molecular formula is C5H5NO. The molecule has 0 aromatic heterocycles. The zero-order chi connectivity index (χ0) is 5.11. The highest BCUT2D eigenvalue weighted by atomic mass is 16.3. The van der Waals surface area contributed by atoms with Gasteiger partial charge in [-0.3, -0.25) is 0 Å². The van der Waals surface area contributed by atoms with Gasteiger partial charge in [-0.05, 0) is 5.57 Å². The first-order valence-corrected chi connectivity index (χ1v) is 2.10. The van der Waals surface area contributed by atoms with Gasteiger partial charge in [0.15, 0.2) is 0 Å². The normalized spacial score (nSPS) is 15.1. The SMILES string of the molecule is O=NCC1=CC=C1. The Bertz CT molecular complexity index is 135. The van der Waals surface area contributed by atoms with Crippen LogP contribution in [0.4, 0.5) is 0 Å². The molecule has 0 radical (unpaired) electrons. The summed E-state index contributed by atoms with van der Waals surface area (Å²) in [6.45, 7) is 0.330. The molecule has 0 aromatic rings. The smallest absolute Gasteiger partial charge is 0.106 e. The molecule has 0 aliphatic heterocycles. The van der Waals surface area contributed by atoms with Crippen molar-refractivity contribution in [2.45, 2.75) is 0 Å². The van der Waals surface area contributed by atoms with Gasteiger partial charge >= 0.3 is 0 Å². The third-order valence-electron chi connectivity index (χ3n) is 0.868. The van der Waals surface area contributed by atoms with Crippen molar-refractivity contribution < 1.29 is 0 Å². The number of hydrogen-bond acceptors (Lipinski definition) is 2. The van der Waals surface area contributed by atoms with E-state index in [0.29, 0.717) is 6.54 Å². The third kappa shape index (κ3) is 0.738. The maximum absolute atomic E-state index is 9.48. The Hall–Kier alpha value is -0.920. The lowest BCUT2D eigenvalue weighted by Crippen LogP contribution is -1.87. The van der Waals surface area contributed by atoms with Crippen LogP contribution in [-0.2, 0) is 0 Å². The summed E-state index contributed by atoms with van der Waals surface area (Å²) in [6.07, 6.45) is 5.64. The van der Waals surface area contributed by atoms with Crippen molar-refractivity contribution in [3.63, 3.8) is 0 Å². The molecule has 0 aromatic carbocycles. The second-order valence-electron chi connectivity index (χ2n) is 1.39. The van der Waals surface area contributed by atoms with Crippen molar-refractivity contribution in [1.82, 2.24) is 0 Å². The maximum atomic E-state index is 9.48. The van der Waals surface area contributed by atoms with Crippen LogP contribution in [0.15, 0.2) is 29.0 Å². The van der Waals surface area contributed by atoms with E-state index in [1.165, 1.54) is 0 Å². The molecule has 1 aliphatic rings. The predicted octanol–water partition coefficient (Wildman–Crippen LogP) is 1.25. The van der Waals surface area contributed by atoms with Crippen LogP contribution in [0.5, 0.6) is 0 Å². The molecule has 0 unspecified atom stereocenters. The first-order chi connectivity index (χ1) is 3.43. The molecule has 1 rings (SSSR count). The van der Waals surface area contributed by atoms with E-state index < -0.39 is 0 Å². The lowest BCUT2D eigenvalue weighted by Gasteiger charge is -1.97. The highest BCUT2D eigenvalue weighted by Gasteiger charge is 1.94. The highest BCUT2D eigenvalue weighted by molar-refractivity contribution is 5.36. The van der Waals surface area contributed by atoms with E-state index in [4.69, 9.17) is 0 Å². The van der Waals surface area contributed by atoms with Crippen molar-refractivity contribution in [3.8, 4) is 0 Å². The van der Waals surface area contributed by atoms with Gasteiger partial charge < -0.3 is 0 Å². The second-order valence-corrected chi connectivity index (χ2v) is 1.39. The van der Waals surface area contributed by atoms with Crippen LogP contribution in [0.3, 0.4) is 0 Å². The number of nitroso groups, excluding NO2 is 1. The minimum absolute atomic E-state index is 0.330. The van der Waals surface area contributed by atoms with Crippen LogP contribution in [0.1, 0.15) is 0 Å². The molecule has 0 spiro atoms. The Morgan fingerprint density at radius 2 is 2.43 bits per heavy atom. The fourth-order valence-corrected chi connectivity index (χ4v) is 0.412. The van der Waals surface area contributed by atoms with E-state index >= 15 is 0 Å². The molecule has 2 nitrogen and oxygen atoms in total. The van der Waals surface area contributed by atoms with Crippen molar-refractivity contribution in [2.75, 3.05) is 6.54 Å². The van der Waals surface area contributed by atoms with Crippen LogP contribution in [-0.4, -0.2) is 6.54 Å². The van der Waals surface area contributed by atoms with Gasteiger partial charge in [-0.25, -0.2) is 0 Å². The molecule has 1 aliphatic carbocycles. The molecule has 0 atom stereocenters. The quantitative estimate of drug-likeness (QED) is 0.474. The Morgan fingerprint density at radius 3 is 2.57 bits per heavy atom. The summed E-state index contributed by atoms with van der Waals surface area (Å²) in [4.78, 5) is 9.48. The monoisotopic (exact) mass is 95.0 g/mol. The lowest BCUT2D eigenvalue weighted by molar-refractivity contribution is 1.15. The fraction of sp³-hybridized carbons (Fsp3) is 0.200. The molecule has 0 saturated carbocycles. The van der Waals surface area contributed by atoms with E-state index in [9.17, 15) is 4.91 Å². The van der Waals surface area contributed by atoms with Gasteiger partial charge in [-0.2, -0.15) is 4.91 Å². The van der Waals surface area contributed by atoms with Crippen molar-refractivity contribution in [1.29, 1.82) is 0 Å². The predicted molar refractivity (Wildman–Crippen MR) is 27.9 cm³/mol. The summed E-state index contributed by atoms with van der Waals surface area (Å²) >= 11 is 0. The van der Waals surface area contributed by atoms with E-state index in [0.717, 1.165) is 5.57 Å². The minimum atomic E-state index is 0.330. The molecule has 7 heavy (non-hydrogen) atoms. The average molecular weight is 95.1 g/mol. The molecule has 2 heteroatoms. The highest BCUT2D eigenvalue weighted by Crippen LogP contribution is 2.06. The van der Waals surface area contributed by atoms with Gasteiger partial charge in [-0.1, -0.05) is 23.4 Å². The van der Waals surface area contributed by atoms with Gasteiger partial charge in [-0.15, -0.1) is 0 Å². The van der Waals surface area contributed by atoms with E-state index in [1.807, 2.05) is 18.2 Å². The molecule has 0 amide bonds. The number of hydrogen-bond donors (Lipinski definition) is 0. The summed E-state index contributed by atoms with van der Waals surface area (Å²) in [5.74, 6) is 0. The largest absolute Gasteiger partial charge is 0.150 e. The lowest BCUT2D eigenvalue weighted by atomic mass is 10.1. The van der Waals surface area contributed by atoms with Crippen LogP contribution < -0.4 is 0 Å². The molecule has 0 bridgehead atoms. The number of nitrogens with zero attached hydrogens (tertiary/aromatic N) is 1. The third-order valence-corrected chi connectivity index (χ3v) is 0.868. The Kier molecular flexibility index (Phi) is 1.02. The molecule has 0 N–H and O–H groups in total. The Balaban J connectivity index is 2.29. The van der Waals surface area contributed by atoms with E-state index in [1.54, 1.807) is 0 Å². The first-order valence-electron chi connectivity index (χ1n) is 2.10. The van der Waals surface area contributed by atoms with Crippen LogP contribution >= 0.6 is 0 Å². The van der Waals surface area contributed by atoms with E-state index in [2.05, 4.69) is 5.18 Å². The van der Waals surface area contributed by atoms with Gasteiger partial charge in [0, 0.05) is 0 Å². The van der Waals surface area contributed by atoms with Crippen molar-refractivity contribution >= 4 is 0 Å². The molecule has 0 fully saturated rings. The van der Waals surface area contributed by atoms with Crippen LogP contribution in [0.25, 0.3) is 0 Å². The summed E-state index contributed by atoms with van der Waals surface area (Å²) in [5.41, 5.74) is 1.02. The van der Waals surface area contributed by atoms with Crippen LogP contribution in [0, 0.1) is 4.91 Å². The first kappa shape index (κ1) is 4.24. The summed E-state index contributed by atoms with van der Waals surface area (Å²) < 4.78 is 0. The summed E-state index contributed by atoms with van der Waals surface area (Å²) in [5, 5.41) is 2.69. The maximum Gasteiger partial charge on any atom is 0.106 e. The van der Waals surface area contributed by atoms with Gasteiger partial charge in [0.2, 0.25) is 0 Å².